The molecule has 82 valence electrons. The van der Waals surface area contributed by atoms with Crippen LogP contribution in [0.4, 0.5) is 0 Å². The van der Waals surface area contributed by atoms with E-state index in [0.29, 0.717) is 17.0 Å². The van der Waals surface area contributed by atoms with Gasteiger partial charge in [0.2, 0.25) is 0 Å². The number of benzene rings is 1. The molecule has 0 aliphatic rings. The number of hydrogen-bond acceptors (Lipinski definition) is 2. The van der Waals surface area contributed by atoms with Crippen molar-refractivity contribution in [3.05, 3.63) is 34.9 Å². The van der Waals surface area contributed by atoms with Crippen molar-refractivity contribution in [3.8, 4) is 0 Å². The number of carbonyl (C=O) groups excluding carboxylic acids is 1. The molecule has 0 bridgehead atoms. The molecule has 0 aromatic heterocycles. The lowest BCUT2D eigenvalue weighted by molar-refractivity contribution is 0.0172. The minimum absolute atomic E-state index is 0.0681. The molecule has 0 aliphatic carbocycles. The number of methoxy groups -OCH3 is 1. The maximum atomic E-state index is 11.8. The second-order valence-corrected chi connectivity index (χ2v) is 4.51. The van der Waals surface area contributed by atoms with Crippen molar-refractivity contribution in [2.24, 2.45) is 0 Å². The Hall–Kier alpha value is -0.860. The molecule has 0 radical (unpaired) electrons. The van der Waals surface area contributed by atoms with Gasteiger partial charge in [-0.05, 0) is 38.1 Å². The average molecular weight is 227 g/mol. The van der Waals surface area contributed by atoms with E-state index in [1.807, 2.05) is 13.8 Å². The first-order valence-electron chi connectivity index (χ1n) is 4.78. The Bertz CT molecular complexity index is 341. The first-order valence-corrected chi connectivity index (χ1v) is 5.16. The lowest BCUT2D eigenvalue weighted by Gasteiger charge is -2.21. The Balaban J connectivity index is 2.74. The number of carbonyl (C=O) groups is 1. The van der Waals surface area contributed by atoms with Crippen molar-refractivity contribution < 1.29 is 9.53 Å². The van der Waals surface area contributed by atoms with E-state index in [-0.39, 0.29) is 5.78 Å². The number of hydrogen-bond donors (Lipinski definition) is 0. The molecule has 1 rings (SSSR count). The maximum Gasteiger partial charge on any atom is 0.165 e. The van der Waals surface area contributed by atoms with Gasteiger partial charge >= 0.3 is 0 Å². The molecular weight excluding hydrogens is 212 g/mol. The van der Waals surface area contributed by atoms with Gasteiger partial charge in [-0.15, -0.1) is 0 Å². The summed E-state index contributed by atoms with van der Waals surface area (Å²) in [6.07, 6.45) is 0.366. The van der Waals surface area contributed by atoms with Crippen LogP contribution in [0.25, 0.3) is 0 Å². The van der Waals surface area contributed by atoms with Crippen LogP contribution in [0.3, 0.4) is 0 Å². The van der Waals surface area contributed by atoms with Gasteiger partial charge in [-0.25, -0.2) is 0 Å². The van der Waals surface area contributed by atoms with Gasteiger partial charge in [-0.2, -0.15) is 0 Å². The zero-order chi connectivity index (χ0) is 11.5. The summed E-state index contributed by atoms with van der Waals surface area (Å²) in [7, 11) is 1.61. The van der Waals surface area contributed by atoms with Gasteiger partial charge in [0, 0.05) is 24.1 Å². The van der Waals surface area contributed by atoms with Crippen molar-refractivity contribution in [3.63, 3.8) is 0 Å². The molecule has 0 fully saturated rings. The minimum Gasteiger partial charge on any atom is -0.378 e. The average Bonchev–Trinajstić information content (AvgIpc) is 2.18. The molecule has 0 atom stereocenters. The van der Waals surface area contributed by atoms with E-state index in [0.717, 1.165) is 0 Å². The second-order valence-electron chi connectivity index (χ2n) is 4.07. The summed E-state index contributed by atoms with van der Waals surface area (Å²) in [5.41, 5.74) is 0.251. The van der Waals surface area contributed by atoms with E-state index in [4.69, 9.17) is 16.3 Å². The monoisotopic (exact) mass is 226 g/mol. The minimum atomic E-state index is -0.420. The van der Waals surface area contributed by atoms with Gasteiger partial charge in [0.15, 0.2) is 5.78 Å². The highest BCUT2D eigenvalue weighted by atomic mass is 35.5. The molecule has 1 aromatic carbocycles. The fourth-order valence-corrected chi connectivity index (χ4v) is 1.32. The van der Waals surface area contributed by atoms with Crippen molar-refractivity contribution in [1.29, 1.82) is 0 Å². The Kier molecular flexibility index (Phi) is 3.89. The van der Waals surface area contributed by atoms with E-state index < -0.39 is 5.60 Å². The van der Waals surface area contributed by atoms with Crippen LogP contribution in [0, 0.1) is 0 Å². The van der Waals surface area contributed by atoms with Crippen LogP contribution >= 0.6 is 11.6 Å². The smallest absolute Gasteiger partial charge is 0.165 e. The van der Waals surface area contributed by atoms with E-state index >= 15 is 0 Å². The molecule has 3 heteroatoms. The molecule has 0 saturated carbocycles. The maximum absolute atomic E-state index is 11.8. The number of Topliss-reactive ketones (excluding diaryl/α,β-unsaturated/α-hetero) is 1. The highest BCUT2D eigenvalue weighted by Gasteiger charge is 2.21. The SMILES string of the molecule is COC(C)(C)CC(=O)c1ccc(Cl)cc1. The molecule has 0 amide bonds. The normalized spacial score (nSPS) is 11.5. The van der Waals surface area contributed by atoms with Crippen LogP contribution in [0.2, 0.25) is 5.02 Å². The standard InChI is InChI=1S/C12H15ClO2/c1-12(2,15-3)8-11(14)9-4-6-10(13)7-5-9/h4-7H,8H2,1-3H3. The third-order valence-corrected chi connectivity index (χ3v) is 2.56. The summed E-state index contributed by atoms with van der Waals surface area (Å²) in [5, 5.41) is 0.637. The predicted octanol–water partition coefficient (Wildman–Crippen LogP) is 3.34. The van der Waals surface area contributed by atoms with E-state index in [1.165, 1.54) is 0 Å². The predicted molar refractivity (Wildman–Crippen MR) is 61.5 cm³/mol. The highest BCUT2D eigenvalue weighted by Crippen LogP contribution is 2.18. The molecule has 0 aliphatic heterocycles. The van der Waals surface area contributed by atoms with Gasteiger partial charge in [-0.1, -0.05) is 11.6 Å². The third-order valence-electron chi connectivity index (χ3n) is 2.31. The Morgan fingerprint density at radius 1 is 1.33 bits per heavy atom. The lowest BCUT2D eigenvalue weighted by atomic mass is 9.97. The molecule has 0 unspecified atom stereocenters. The van der Waals surface area contributed by atoms with Crippen molar-refractivity contribution in [2.45, 2.75) is 25.9 Å². The zero-order valence-corrected chi connectivity index (χ0v) is 9.97. The van der Waals surface area contributed by atoms with Crippen LogP contribution in [0.15, 0.2) is 24.3 Å². The number of rotatable bonds is 4. The molecule has 15 heavy (non-hydrogen) atoms. The largest absolute Gasteiger partial charge is 0.378 e. The van der Waals surface area contributed by atoms with Crippen molar-refractivity contribution >= 4 is 17.4 Å². The summed E-state index contributed by atoms with van der Waals surface area (Å²) in [4.78, 5) is 11.8. The quantitative estimate of drug-likeness (QED) is 0.736. The summed E-state index contributed by atoms with van der Waals surface area (Å²) < 4.78 is 5.21. The van der Waals surface area contributed by atoms with Crippen LogP contribution in [-0.2, 0) is 4.74 Å². The Morgan fingerprint density at radius 3 is 2.33 bits per heavy atom. The molecule has 0 N–H and O–H groups in total. The molecule has 0 spiro atoms. The van der Waals surface area contributed by atoms with Crippen LogP contribution in [-0.4, -0.2) is 18.5 Å². The third kappa shape index (κ3) is 3.65. The summed E-state index contributed by atoms with van der Waals surface area (Å²) >= 11 is 5.74. The van der Waals surface area contributed by atoms with Gasteiger partial charge in [0.25, 0.3) is 0 Å². The molecular formula is C12H15ClO2. The molecule has 2 nitrogen and oxygen atoms in total. The first kappa shape index (κ1) is 12.2. The fourth-order valence-electron chi connectivity index (χ4n) is 1.20. The summed E-state index contributed by atoms with van der Waals surface area (Å²) in [6, 6.07) is 6.90. The number of halogens is 1. The first-order chi connectivity index (χ1) is 6.94. The van der Waals surface area contributed by atoms with Gasteiger partial charge in [-0.3, -0.25) is 4.79 Å². The van der Waals surface area contributed by atoms with E-state index in [1.54, 1.807) is 31.4 Å². The lowest BCUT2D eigenvalue weighted by Crippen LogP contribution is -2.26. The van der Waals surface area contributed by atoms with Crippen molar-refractivity contribution in [2.75, 3.05) is 7.11 Å². The van der Waals surface area contributed by atoms with Gasteiger partial charge in [0.05, 0.1) is 5.60 Å². The van der Waals surface area contributed by atoms with Gasteiger partial charge < -0.3 is 4.74 Å². The van der Waals surface area contributed by atoms with Crippen LogP contribution < -0.4 is 0 Å². The van der Waals surface area contributed by atoms with Crippen molar-refractivity contribution in [1.82, 2.24) is 0 Å². The van der Waals surface area contributed by atoms with Crippen LogP contribution in [0.1, 0.15) is 30.6 Å². The Labute approximate surface area is 95.2 Å². The highest BCUT2D eigenvalue weighted by molar-refractivity contribution is 6.30. The zero-order valence-electron chi connectivity index (χ0n) is 9.21. The Morgan fingerprint density at radius 2 is 1.87 bits per heavy atom. The van der Waals surface area contributed by atoms with E-state index in [2.05, 4.69) is 0 Å². The van der Waals surface area contributed by atoms with E-state index in [9.17, 15) is 4.79 Å². The fraction of sp³-hybridized carbons (Fsp3) is 0.417. The van der Waals surface area contributed by atoms with Crippen LogP contribution in [0.5, 0.6) is 0 Å². The number of ether oxygens (including phenoxy) is 1. The molecule has 0 saturated heterocycles. The topological polar surface area (TPSA) is 26.3 Å². The summed E-state index contributed by atoms with van der Waals surface area (Å²) in [6.45, 7) is 3.78. The molecule has 0 heterocycles. The van der Waals surface area contributed by atoms with Gasteiger partial charge in [0.1, 0.15) is 0 Å². The summed E-state index contributed by atoms with van der Waals surface area (Å²) in [5.74, 6) is 0.0681. The second kappa shape index (κ2) is 4.77. The molecule has 1 aromatic rings. The number of ketones is 1.